The number of anilines is 2. The Hall–Kier alpha value is -2.94. The lowest BCUT2D eigenvalue weighted by atomic mass is 10.2. The number of methoxy groups -OCH3 is 1. The van der Waals surface area contributed by atoms with E-state index < -0.39 is 11.9 Å². The Morgan fingerprint density at radius 3 is 2.77 bits per heavy atom. The molecule has 0 saturated heterocycles. The molecule has 1 aliphatic rings. The predicted octanol–water partition coefficient (Wildman–Crippen LogP) is 3.79. The molecule has 3 aromatic rings. The average Bonchev–Trinajstić information content (AvgIpc) is 3.26. The van der Waals surface area contributed by atoms with E-state index in [-0.39, 0.29) is 18.2 Å². The number of hydrogen-bond acceptors (Lipinski definition) is 7. The number of aliphatic hydroxyl groups excluding tert-OH is 1. The van der Waals surface area contributed by atoms with Crippen molar-refractivity contribution in [2.24, 2.45) is 0 Å². The second-order valence-corrected chi connectivity index (χ2v) is 7.60. The van der Waals surface area contributed by atoms with Crippen LogP contribution in [0.5, 0.6) is 11.5 Å². The SMILES string of the molecule is COc1cc2cnc(Nc3ccc(Cl)cc3F)nc2cc1OCC(O)CN1CC=CC1. The maximum atomic E-state index is 14.1. The van der Waals surface area contributed by atoms with Gasteiger partial charge < -0.3 is 19.9 Å². The summed E-state index contributed by atoms with van der Waals surface area (Å²) in [5, 5.41) is 14.2. The normalized spacial score (nSPS) is 14.7. The minimum atomic E-state index is -0.643. The summed E-state index contributed by atoms with van der Waals surface area (Å²) in [6, 6.07) is 7.78. The molecule has 0 amide bonds. The molecule has 2 aromatic carbocycles. The smallest absolute Gasteiger partial charge is 0.227 e. The fraction of sp³-hybridized carbons (Fsp3) is 0.273. The third kappa shape index (κ3) is 5.22. The first kappa shape index (κ1) is 21.3. The Labute approximate surface area is 184 Å². The molecule has 1 atom stereocenters. The average molecular weight is 445 g/mol. The summed E-state index contributed by atoms with van der Waals surface area (Å²) in [7, 11) is 1.54. The highest BCUT2D eigenvalue weighted by Crippen LogP contribution is 2.32. The van der Waals surface area contributed by atoms with Crippen LogP contribution in [0.2, 0.25) is 5.02 Å². The van der Waals surface area contributed by atoms with Gasteiger partial charge in [0.05, 0.1) is 18.3 Å². The van der Waals surface area contributed by atoms with Crippen LogP contribution in [0.1, 0.15) is 0 Å². The van der Waals surface area contributed by atoms with Crippen molar-refractivity contribution >= 4 is 34.1 Å². The molecule has 1 aliphatic heterocycles. The van der Waals surface area contributed by atoms with Crippen LogP contribution in [0, 0.1) is 5.82 Å². The zero-order valence-corrected chi connectivity index (χ0v) is 17.6. The molecule has 0 bridgehead atoms. The summed E-state index contributed by atoms with van der Waals surface area (Å²) < 4.78 is 25.3. The molecule has 4 rings (SSSR count). The monoisotopic (exact) mass is 444 g/mol. The van der Waals surface area contributed by atoms with Gasteiger partial charge in [-0.05, 0) is 24.3 Å². The number of β-amino-alcohol motifs (C(OH)–C–C–N with tert-alkyl or cyclic N) is 1. The van der Waals surface area contributed by atoms with Gasteiger partial charge in [-0.1, -0.05) is 23.8 Å². The van der Waals surface area contributed by atoms with E-state index >= 15 is 0 Å². The lowest BCUT2D eigenvalue weighted by Gasteiger charge is -2.20. The number of benzene rings is 2. The second kappa shape index (κ2) is 9.47. The van der Waals surface area contributed by atoms with Gasteiger partial charge in [-0.25, -0.2) is 14.4 Å². The summed E-state index contributed by atoms with van der Waals surface area (Å²) >= 11 is 5.79. The van der Waals surface area contributed by atoms with E-state index in [0.29, 0.717) is 28.6 Å². The molecular formula is C22H22ClFN4O3. The molecule has 31 heavy (non-hydrogen) atoms. The van der Waals surface area contributed by atoms with Crippen molar-refractivity contribution in [2.75, 3.05) is 38.7 Å². The molecule has 9 heteroatoms. The Balaban J connectivity index is 1.51. The highest BCUT2D eigenvalue weighted by atomic mass is 35.5. The summed E-state index contributed by atoms with van der Waals surface area (Å²) in [5.74, 6) is 0.690. The number of nitrogens with zero attached hydrogens (tertiary/aromatic N) is 3. The Kier molecular flexibility index (Phi) is 6.50. The lowest BCUT2D eigenvalue weighted by Crippen LogP contribution is -2.34. The summed E-state index contributed by atoms with van der Waals surface area (Å²) in [6.07, 6.45) is 5.11. The van der Waals surface area contributed by atoms with Crippen LogP contribution >= 0.6 is 11.6 Å². The summed E-state index contributed by atoms with van der Waals surface area (Å²) in [4.78, 5) is 10.8. The van der Waals surface area contributed by atoms with Gasteiger partial charge in [0.1, 0.15) is 18.5 Å². The second-order valence-electron chi connectivity index (χ2n) is 7.16. The summed E-state index contributed by atoms with van der Waals surface area (Å²) in [6.45, 7) is 2.30. The van der Waals surface area contributed by atoms with Crippen molar-refractivity contribution in [3.63, 3.8) is 0 Å². The molecule has 0 fully saturated rings. The van der Waals surface area contributed by atoms with E-state index in [0.717, 1.165) is 18.5 Å². The van der Waals surface area contributed by atoms with Gasteiger partial charge in [0.15, 0.2) is 11.5 Å². The third-order valence-electron chi connectivity index (χ3n) is 4.84. The van der Waals surface area contributed by atoms with Gasteiger partial charge in [-0.3, -0.25) is 4.90 Å². The number of rotatable bonds is 8. The van der Waals surface area contributed by atoms with Crippen molar-refractivity contribution in [2.45, 2.75) is 6.10 Å². The van der Waals surface area contributed by atoms with E-state index in [1.54, 1.807) is 31.5 Å². The van der Waals surface area contributed by atoms with Crippen LogP contribution in [-0.2, 0) is 0 Å². The molecule has 0 saturated carbocycles. The number of nitrogens with one attached hydrogen (secondary N) is 1. The number of fused-ring (bicyclic) bond motifs is 1. The Morgan fingerprint density at radius 1 is 1.23 bits per heavy atom. The molecule has 162 valence electrons. The fourth-order valence-corrected chi connectivity index (χ4v) is 3.45. The largest absolute Gasteiger partial charge is 0.493 e. The molecule has 2 N–H and O–H groups in total. The number of halogens is 2. The number of aliphatic hydroxyl groups is 1. The first-order valence-corrected chi connectivity index (χ1v) is 10.1. The topological polar surface area (TPSA) is 79.7 Å². The van der Waals surface area contributed by atoms with Crippen LogP contribution in [0.15, 0.2) is 48.7 Å². The Morgan fingerprint density at radius 2 is 2.03 bits per heavy atom. The van der Waals surface area contributed by atoms with Crippen molar-refractivity contribution in [3.05, 3.63) is 59.5 Å². The molecule has 0 radical (unpaired) electrons. The van der Waals surface area contributed by atoms with Crippen LogP contribution in [0.4, 0.5) is 16.0 Å². The van der Waals surface area contributed by atoms with E-state index in [4.69, 9.17) is 21.1 Å². The third-order valence-corrected chi connectivity index (χ3v) is 5.07. The van der Waals surface area contributed by atoms with Crippen LogP contribution in [0.3, 0.4) is 0 Å². The Bertz CT molecular complexity index is 1100. The number of hydrogen-bond donors (Lipinski definition) is 2. The van der Waals surface area contributed by atoms with Gasteiger partial charge in [-0.2, -0.15) is 0 Å². The van der Waals surface area contributed by atoms with Gasteiger partial charge in [0.25, 0.3) is 0 Å². The van der Waals surface area contributed by atoms with Crippen molar-refractivity contribution in [1.82, 2.24) is 14.9 Å². The standard InChI is InChI=1S/C22H22ClFN4O3/c1-30-20-8-14-11-25-22(26-18-5-4-15(23)9-17(18)24)27-19(14)10-21(20)31-13-16(29)12-28-6-2-3-7-28/h2-5,8-11,16,29H,6-7,12-13H2,1H3,(H,25,26,27). The fourth-order valence-electron chi connectivity index (χ4n) is 3.29. The maximum absolute atomic E-state index is 14.1. The molecule has 1 unspecified atom stereocenters. The van der Waals surface area contributed by atoms with E-state index in [2.05, 4.69) is 32.3 Å². The first-order valence-electron chi connectivity index (χ1n) is 9.77. The highest BCUT2D eigenvalue weighted by Gasteiger charge is 2.15. The van der Waals surface area contributed by atoms with Crippen molar-refractivity contribution in [1.29, 1.82) is 0 Å². The van der Waals surface area contributed by atoms with Crippen LogP contribution in [0.25, 0.3) is 10.9 Å². The van der Waals surface area contributed by atoms with Gasteiger partial charge in [0.2, 0.25) is 5.95 Å². The quantitative estimate of drug-likeness (QED) is 0.512. The van der Waals surface area contributed by atoms with Crippen molar-refractivity contribution < 1.29 is 19.0 Å². The molecule has 1 aromatic heterocycles. The maximum Gasteiger partial charge on any atom is 0.227 e. The molecule has 2 heterocycles. The van der Waals surface area contributed by atoms with E-state index in [9.17, 15) is 9.50 Å². The molecular weight excluding hydrogens is 423 g/mol. The molecule has 0 spiro atoms. The highest BCUT2D eigenvalue weighted by molar-refractivity contribution is 6.30. The lowest BCUT2D eigenvalue weighted by molar-refractivity contribution is 0.0762. The molecule has 0 aliphatic carbocycles. The van der Waals surface area contributed by atoms with E-state index in [1.807, 2.05) is 0 Å². The van der Waals surface area contributed by atoms with Crippen LogP contribution in [-0.4, -0.2) is 59.4 Å². The van der Waals surface area contributed by atoms with Gasteiger partial charge >= 0.3 is 0 Å². The minimum absolute atomic E-state index is 0.116. The zero-order valence-electron chi connectivity index (χ0n) is 16.9. The first-order chi connectivity index (χ1) is 15.0. The van der Waals surface area contributed by atoms with E-state index in [1.165, 1.54) is 12.1 Å². The minimum Gasteiger partial charge on any atom is -0.493 e. The number of aromatic nitrogens is 2. The summed E-state index contributed by atoms with van der Waals surface area (Å²) in [5.41, 5.74) is 0.800. The zero-order chi connectivity index (χ0) is 21.8. The molecule has 7 nitrogen and oxygen atoms in total. The van der Waals surface area contributed by atoms with Crippen LogP contribution < -0.4 is 14.8 Å². The van der Waals surface area contributed by atoms with Crippen molar-refractivity contribution in [3.8, 4) is 11.5 Å². The van der Waals surface area contributed by atoms with Gasteiger partial charge in [0, 0.05) is 42.3 Å². The number of ether oxygens (including phenoxy) is 2. The van der Waals surface area contributed by atoms with Gasteiger partial charge in [-0.15, -0.1) is 0 Å². The predicted molar refractivity (Wildman–Crippen MR) is 118 cm³/mol.